The second-order valence-electron chi connectivity index (χ2n) is 4.11. The van der Waals surface area contributed by atoms with Crippen LogP contribution in [0.4, 0.5) is 0 Å². The molecule has 86 valence electrons. The van der Waals surface area contributed by atoms with Crippen molar-refractivity contribution in [2.75, 3.05) is 20.6 Å². The number of H-pyrrole nitrogens is 1. The molecule has 0 aliphatic carbocycles. The third kappa shape index (κ3) is 1.84. The second kappa shape index (κ2) is 4.68. The monoisotopic (exact) mass is 217 g/mol. The van der Waals surface area contributed by atoms with Gasteiger partial charge in [0, 0.05) is 29.2 Å². The molecule has 1 unspecified atom stereocenters. The molecule has 0 aliphatic rings. The summed E-state index contributed by atoms with van der Waals surface area (Å²) in [5.41, 5.74) is 3.83. The van der Waals surface area contributed by atoms with E-state index >= 15 is 0 Å². The van der Waals surface area contributed by atoms with Crippen molar-refractivity contribution in [2.45, 2.75) is 13.0 Å². The molecule has 0 spiro atoms. The summed E-state index contributed by atoms with van der Waals surface area (Å²) >= 11 is 0. The molecule has 0 fully saturated rings. The predicted octanol–water partition coefficient (Wildman–Crippen LogP) is 1.96. The molecule has 0 saturated heterocycles. The van der Waals surface area contributed by atoms with Crippen LogP contribution < -0.4 is 10.6 Å². The van der Waals surface area contributed by atoms with Gasteiger partial charge in [0.1, 0.15) is 0 Å². The fourth-order valence-corrected chi connectivity index (χ4v) is 2.30. The maximum absolute atomic E-state index is 3.43. The summed E-state index contributed by atoms with van der Waals surface area (Å²) < 4.78 is 0. The number of nitrogens with one attached hydrogen (secondary N) is 3. The Labute approximate surface area is 96.2 Å². The van der Waals surface area contributed by atoms with Gasteiger partial charge in [0.15, 0.2) is 0 Å². The predicted molar refractivity (Wildman–Crippen MR) is 68.8 cm³/mol. The number of hydrogen-bond donors (Lipinski definition) is 3. The maximum atomic E-state index is 3.43. The molecule has 0 amide bonds. The van der Waals surface area contributed by atoms with Gasteiger partial charge in [-0.15, -0.1) is 0 Å². The fraction of sp³-hybridized carbons (Fsp3) is 0.385. The molecule has 0 bridgehead atoms. The Morgan fingerprint density at radius 2 is 2.00 bits per heavy atom. The van der Waals surface area contributed by atoms with Crippen LogP contribution >= 0.6 is 0 Å². The summed E-state index contributed by atoms with van der Waals surface area (Å²) in [5.74, 6) is 0. The third-order valence-corrected chi connectivity index (χ3v) is 3.05. The van der Waals surface area contributed by atoms with Crippen LogP contribution in [0.2, 0.25) is 0 Å². The summed E-state index contributed by atoms with van der Waals surface area (Å²) in [6, 6.07) is 8.80. The van der Waals surface area contributed by atoms with E-state index in [0.717, 1.165) is 6.54 Å². The van der Waals surface area contributed by atoms with E-state index in [1.54, 1.807) is 0 Å². The molecule has 0 radical (unpaired) electrons. The van der Waals surface area contributed by atoms with Crippen molar-refractivity contribution >= 4 is 10.9 Å². The molecule has 3 N–H and O–H groups in total. The second-order valence-corrected chi connectivity index (χ2v) is 4.11. The number of aromatic nitrogens is 1. The molecule has 0 saturated carbocycles. The summed E-state index contributed by atoms with van der Waals surface area (Å²) in [4.78, 5) is 3.43. The van der Waals surface area contributed by atoms with Crippen LogP contribution in [0.1, 0.15) is 17.3 Å². The Bertz CT molecular complexity index is 473. The normalized spacial score (nSPS) is 13.2. The lowest BCUT2D eigenvalue weighted by atomic mass is 10.0. The minimum Gasteiger partial charge on any atom is -0.358 e. The van der Waals surface area contributed by atoms with Gasteiger partial charge in [-0.25, -0.2) is 0 Å². The van der Waals surface area contributed by atoms with Gasteiger partial charge in [-0.05, 0) is 32.6 Å². The molecule has 1 heterocycles. The van der Waals surface area contributed by atoms with E-state index < -0.39 is 0 Å². The van der Waals surface area contributed by atoms with Gasteiger partial charge in [-0.2, -0.15) is 0 Å². The number of fused-ring (bicyclic) bond motifs is 1. The van der Waals surface area contributed by atoms with E-state index in [2.05, 4.69) is 46.8 Å². The van der Waals surface area contributed by atoms with Crippen molar-refractivity contribution in [1.82, 2.24) is 15.6 Å². The van der Waals surface area contributed by atoms with Gasteiger partial charge in [-0.1, -0.05) is 18.2 Å². The van der Waals surface area contributed by atoms with Crippen LogP contribution in [0.15, 0.2) is 24.3 Å². The van der Waals surface area contributed by atoms with Crippen molar-refractivity contribution in [3.05, 3.63) is 35.5 Å². The van der Waals surface area contributed by atoms with E-state index in [9.17, 15) is 0 Å². The van der Waals surface area contributed by atoms with Crippen LogP contribution in [0.25, 0.3) is 10.9 Å². The first-order valence-electron chi connectivity index (χ1n) is 5.67. The molecule has 2 rings (SSSR count). The van der Waals surface area contributed by atoms with Crippen molar-refractivity contribution in [3.63, 3.8) is 0 Å². The Balaban J connectivity index is 2.53. The van der Waals surface area contributed by atoms with Crippen LogP contribution in [0, 0.1) is 6.92 Å². The maximum Gasteiger partial charge on any atom is 0.0468 e. The van der Waals surface area contributed by atoms with Gasteiger partial charge in [0.25, 0.3) is 0 Å². The SMILES string of the molecule is CNCC(NC)c1c(C)[nH]c2ccccc12. The molecule has 3 nitrogen and oxygen atoms in total. The topological polar surface area (TPSA) is 39.8 Å². The summed E-state index contributed by atoms with van der Waals surface area (Å²) in [5, 5.41) is 7.89. The van der Waals surface area contributed by atoms with E-state index in [0.29, 0.717) is 6.04 Å². The number of likely N-dealkylation sites (N-methyl/N-ethyl adjacent to an activating group) is 2. The summed E-state index contributed by atoms with van der Waals surface area (Å²) in [7, 11) is 3.98. The lowest BCUT2D eigenvalue weighted by Gasteiger charge is -2.16. The first-order valence-corrected chi connectivity index (χ1v) is 5.67. The molecule has 1 atom stereocenters. The van der Waals surface area contributed by atoms with Gasteiger partial charge in [-0.3, -0.25) is 0 Å². The van der Waals surface area contributed by atoms with E-state index in [-0.39, 0.29) is 0 Å². The zero-order valence-electron chi connectivity index (χ0n) is 10.1. The highest BCUT2D eigenvalue weighted by Crippen LogP contribution is 2.27. The lowest BCUT2D eigenvalue weighted by Crippen LogP contribution is -2.27. The average molecular weight is 217 g/mol. The quantitative estimate of drug-likeness (QED) is 0.732. The Morgan fingerprint density at radius 1 is 1.25 bits per heavy atom. The summed E-state index contributed by atoms with van der Waals surface area (Å²) in [6.07, 6.45) is 0. The molecule has 0 aliphatic heterocycles. The highest BCUT2D eigenvalue weighted by atomic mass is 15.0. The molecule has 2 aromatic rings. The molecule has 3 heteroatoms. The summed E-state index contributed by atoms with van der Waals surface area (Å²) in [6.45, 7) is 3.06. The number of aryl methyl sites for hydroxylation is 1. The van der Waals surface area contributed by atoms with Crippen molar-refractivity contribution in [1.29, 1.82) is 0 Å². The van der Waals surface area contributed by atoms with E-state index in [4.69, 9.17) is 0 Å². The fourth-order valence-electron chi connectivity index (χ4n) is 2.30. The number of aromatic amines is 1. The minimum absolute atomic E-state index is 0.348. The number of hydrogen-bond acceptors (Lipinski definition) is 2. The average Bonchev–Trinajstić information content (AvgIpc) is 2.62. The van der Waals surface area contributed by atoms with Crippen molar-refractivity contribution < 1.29 is 0 Å². The number of benzene rings is 1. The molecule has 16 heavy (non-hydrogen) atoms. The Morgan fingerprint density at radius 3 is 2.69 bits per heavy atom. The highest BCUT2D eigenvalue weighted by Gasteiger charge is 2.16. The Hall–Kier alpha value is -1.32. The molecule has 1 aromatic heterocycles. The number of rotatable bonds is 4. The first-order chi connectivity index (χ1) is 7.77. The smallest absolute Gasteiger partial charge is 0.0468 e. The standard InChI is InChI=1S/C13H19N3/c1-9-13(12(15-3)8-14-2)10-6-4-5-7-11(10)16-9/h4-7,12,14-16H,8H2,1-3H3. The lowest BCUT2D eigenvalue weighted by molar-refractivity contribution is 0.559. The van der Waals surface area contributed by atoms with Crippen molar-refractivity contribution in [2.24, 2.45) is 0 Å². The van der Waals surface area contributed by atoms with Crippen LogP contribution in [-0.2, 0) is 0 Å². The van der Waals surface area contributed by atoms with E-state index in [1.807, 2.05) is 14.1 Å². The van der Waals surface area contributed by atoms with E-state index in [1.165, 1.54) is 22.2 Å². The minimum atomic E-state index is 0.348. The largest absolute Gasteiger partial charge is 0.358 e. The van der Waals surface area contributed by atoms with Crippen LogP contribution in [0.3, 0.4) is 0 Å². The van der Waals surface area contributed by atoms with Crippen molar-refractivity contribution in [3.8, 4) is 0 Å². The Kier molecular flexibility index (Phi) is 3.27. The first kappa shape index (κ1) is 11.2. The zero-order chi connectivity index (χ0) is 11.5. The molecule has 1 aromatic carbocycles. The molecular weight excluding hydrogens is 198 g/mol. The third-order valence-electron chi connectivity index (χ3n) is 3.05. The van der Waals surface area contributed by atoms with Gasteiger partial charge in [0.05, 0.1) is 0 Å². The zero-order valence-corrected chi connectivity index (χ0v) is 10.1. The van der Waals surface area contributed by atoms with Crippen LogP contribution in [0.5, 0.6) is 0 Å². The molecular formula is C13H19N3. The van der Waals surface area contributed by atoms with Gasteiger partial charge in [0.2, 0.25) is 0 Å². The number of para-hydroxylation sites is 1. The van der Waals surface area contributed by atoms with Crippen LogP contribution in [-0.4, -0.2) is 25.6 Å². The van der Waals surface area contributed by atoms with Gasteiger partial charge < -0.3 is 15.6 Å². The van der Waals surface area contributed by atoms with Gasteiger partial charge >= 0.3 is 0 Å². The highest BCUT2D eigenvalue weighted by molar-refractivity contribution is 5.85.